The fourth-order valence-electron chi connectivity index (χ4n) is 1.42. The number of nitrogens with one attached hydrogen (secondary N) is 2. The van der Waals surface area contributed by atoms with Crippen LogP contribution in [0.4, 0.5) is 0 Å². The summed E-state index contributed by atoms with van der Waals surface area (Å²) in [6, 6.07) is 1.53. The predicted molar refractivity (Wildman–Crippen MR) is 44.1 cm³/mol. The van der Waals surface area contributed by atoms with Crippen LogP contribution in [0.2, 0.25) is 0 Å². The minimum atomic E-state index is -0.393. The summed E-state index contributed by atoms with van der Waals surface area (Å²) in [5.41, 5.74) is 1.53. The van der Waals surface area contributed by atoms with Crippen molar-refractivity contribution < 1.29 is 5.11 Å². The lowest BCUT2D eigenvalue weighted by Gasteiger charge is -2.15. The molecule has 0 radical (unpaired) electrons. The summed E-state index contributed by atoms with van der Waals surface area (Å²) in [4.78, 5) is 13.6. The second kappa shape index (κ2) is 2.64. The number of aromatic nitrogens is 1. The van der Waals surface area contributed by atoms with Crippen LogP contribution in [0, 0.1) is 0 Å². The van der Waals surface area contributed by atoms with E-state index in [0.29, 0.717) is 0 Å². The first-order valence-corrected chi connectivity index (χ1v) is 3.92. The Bertz CT molecular complexity index is 357. The van der Waals surface area contributed by atoms with Crippen molar-refractivity contribution in [2.24, 2.45) is 0 Å². The van der Waals surface area contributed by atoms with Crippen LogP contribution in [0.5, 0.6) is 5.75 Å². The normalized spacial score (nSPS) is 15.7. The average molecular weight is 166 g/mol. The molecule has 4 nitrogen and oxygen atoms in total. The van der Waals surface area contributed by atoms with Gasteiger partial charge in [-0.2, -0.15) is 0 Å². The van der Waals surface area contributed by atoms with Gasteiger partial charge in [0.1, 0.15) is 0 Å². The topological polar surface area (TPSA) is 65.1 Å². The van der Waals surface area contributed by atoms with Crippen molar-refractivity contribution in [2.75, 3.05) is 6.54 Å². The molecule has 0 unspecified atom stereocenters. The lowest BCUT2D eigenvalue weighted by atomic mass is 10.1. The third-order valence-corrected chi connectivity index (χ3v) is 2.06. The summed E-state index contributed by atoms with van der Waals surface area (Å²) < 4.78 is 0. The Hall–Kier alpha value is -1.29. The van der Waals surface area contributed by atoms with E-state index in [4.69, 9.17) is 5.11 Å². The van der Waals surface area contributed by atoms with Crippen molar-refractivity contribution >= 4 is 0 Å². The van der Waals surface area contributed by atoms with Crippen LogP contribution in [0.3, 0.4) is 0 Å². The van der Waals surface area contributed by atoms with Crippen LogP contribution < -0.4 is 10.9 Å². The SMILES string of the molecule is O=c1[nH]c2c(cc1O)CNCC2. The molecule has 0 bridgehead atoms. The molecule has 2 heterocycles. The number of rotatable bonds is 0. The number of aromatic hydroxyl groups is 1. The zero-order valence-electron chi connectivity index (χ0n) is 6.55. The van der Waals surface area contributed by atoms with Gasteiger partial charge in [-0.15, -0.1) is 0 Å². The Labute approximate surface area is 69.2 Å². The molecule has 1 aromatic rings. The molecule has 1 aliphatic heterocycles. The molecule has 3 N–H and O–H groups in total. The van der Waals surface area contributed by atoms with Crippen molar-refractivity contribution in [1.29, 1.82) is 0 Å². The third-order valence-electron chi connectivity index (χ3n) is 2.06. The Kier molecular flexibility index (Phi) is 1.62. The van der Waals surface area contributed by atoms with E-state index >= 15 is 0 Å². The third kappa shape index (κ3) is 1.10. The molecule has 1 aromatic heterocycles. The summed E-state index contributed by atoms with van der Waals surface area (Å²) in [6.07, 6.45) is 0.824. The smallest absolute Gasteiger partial charge is 0.290 e. The summed E-state index contributed by atoms with van der Waals surface area (Å²) in [7, 11) is 0. The van der Waals surface area contributed by atoms with Gasteiger partial charge >= 0.3 is 0 Å². The van der Waals surface area contributed by atoms with Crippen molar-refractivity contribution in [3.8, 4) is 5.75 Å². The molecule has 0 spiro atoms. The lowest BCUT2D eigenvalue weighted by Crippen LogP contribution is -2.26. The van der Waals surface area contributed by atoms with E-state index in [1.54, 1.807) is 0 Å². The molecule has 0 saturated carbocycles. The van der Waals surface area contributed by atoms with E-state index in [9.17, 15) is 4.79 Å². The standard InChI is InChI=1S/C8H10N2O2/c11-7-3-5-4-9-2-1-6(5)10-8(7)12/h3,9,11H,1-2,4H2,(H,10,12). The van der Waals surface area contributed by atoms with Gasteiger partial charge in [0.2, 0.25) is 0 Å². The maximum absolute atomic E-state index is 11.0. The van der Waals surface area contributed by atoms with Crippen molar-refractivity contribution in [1.82, 2.24) is 10.3 Å². The lowest BCUT2D eigenvalue weighted by molar-refractivity contribution is 0.462. The monoisotopic (exact) mass is 166 g/mol. The van der Waals surface area contributed by atoms with Crippen LogP contribution in [-0.2, 0) is 13.0 Å². The number of pyridine rings is 1. The summed E-state index contributed by atoms with van der Waals surface area (Å²) >= 11 is 0. The summed E-state index contributed by atoms with van der Waals surface area (Å²) in [6.45, 7) is 1.60. The number of fused-ring (bicyclic) bond motifs is 1. The van der Waals surface area contributed by atoms with Crippen molar-refractivity contribution in [3.05, 3.63) is 27.7 Å². The minimum absolute atomic E-state index is 0.197. The summed E-state index contributed by atoms with van der Waals surface area (Å²) in [5, 5.41) is 12.3. The highest BCUT2D eigenvalue weighted by atomic mass is 16.3. The fraction of sp³-hybridized carbons (Fsp3) is 0.375. The highest BCUT2D eigenvalue weighted by Crippen LogP contribution is 2.12. The van der Waals surface area contributed by atoms with Gasteiger partial charge in [0.15, 0.2) is 5.75 Å². The second-order valence-electron chi connectivity index (χ2n) is 2.91. The van der Waals surface area contributed by atoms with Crippen LogP contribution >= 0.6 is 0 Å². The van der Waals surface area contributed by atoms with E-state index in [-0.39, 0.29) is 5.75 Å². The molecule has 4 heteroatoms. The van der Waals surface area contributed by atoms with Gasteiger partial charge in [-0.1, -0.05) is 0 Å². The number of hydrogen-bond acceptors (Lipinski definition) is 3. The zero-order valence-corrected chi connectivity index (χ0v) is 6.55. The molecule has 0 atom stereocenters. The van der Waals surface area contributed by atoms with Gasteiger partial charge in [0.25, 0.3) is 5.56 Å². The van der Waals surface area contributed by atoms with Gasteiger partial charge in [-0.25, -0.2) is 0 Å². The average Bonchev–Trinajstić information content (AvgIpc) is 2.07. The highest BCUT2D eigenvalue weighted by molar-refractivity contribution is 5.29. The molecular weight excluding hydrogens is 156 g/mol. The first-order chi connectivity index (χ1) is 5.77. The van der Waals surface area contributed by atoms with E-state index in [1.807, 2.05) is 0 Å². The molecule has 0 aliphatic carbocycles. The van der Waals surface area contributed by atoms with Gasteiger partial charge in [0.05, 0.1) is 0 Å². The Morgan fingerprint density at radius 2 is 2.33 bits per heavy atom. The van der Waals surface area contributed by atoms with Crippen LogP contribution in [0.25, 0.3) is 0 Å². The fourth-order valence-corrected chi connectivity index (χ4v) is 1.42. The molecule has 1 aliphatic rings. The largest absolute Gasteiger partial charge is 0.503 e. The molecule has 2 rings (SSSR count). The molecule has 0 aromatic carbocycles. The van der Waals surface area contributed by atoms with E-state index in [0.717, 1.165) is 30.8 Å². The molecule has 12 heavy (non-hydrogen) atoms. The van der Waals surface area contributed by atoms with E-state index in [2.05, 4.69) is 10.3 Å². The number of H-pyrrole nitrogens is 1. The second-order valence-corrected chi connectivity index (χ2v) is 2.91. The Balaban J connectivity index is 2.56. The Morgan fingerprint density at radius 1 is 1.50 bits per heavy atom. The number of aromatic amines is 1. The van der Waals surface area contributed by atoms with E-state index < -0.39 is 5.56 Å². The first kappa shape index (κ1) is 7.36. The zero-order chi connectivity index (χ0) is 8.55. The van der Waals surface area contributed by atoms with Crippen LogP contribution in [-0.4, -0.2) is 16.6 Å². The number of hydrogen-bond donors (Lipinski definition) is 3. The molecular formula is C8H10N2O2. The molecule has 0 fully saturated rings. The van der Waals surface area contributed by atoms with Crippen molar-refractivity contribution in [3.63, 3.8) is 0 Å². The molecule has 0 amide bonds. The molecule has 64 valence electrons. The first-order valence-electron chi connectivity index (χ1n) is 3.92. The van der Waals surface area contributed by atoms with Gasteiger partial charge in [-0.3, -0.25) is 4.79 Å². The highest BCUT2D eigenvalue weighted by Gasteiger charge is 2.10. The Morgan fingerprint density at radius 3 is 3.17 bits per heavy atom. The molecule has 0 saturated heterocycles. The minimum Gasteiger partial charge on any atom is -0.503 e. The van der Waals surface area contributed by atoms with Gasteiger partial charge < -0.3 is 15.4 Å². The maximum atomic E-state index is 11.0. The van der Waals surface area contributed by atoms with Crippen LogP contribution in [0.15, 0.2) is 10.9 Å². The maximum Gasteiger partial charge on any atom is 0.290 e. The summed E-state index contributed by atoms with van der Waals surface area (Å²) in [5.74, 6) is -0.197. The predicted octanol–water partition coefficient (Wildman–Crippen LogP) is -0.274. The van der Waals surface area contributed by atoms with Crippen molar-refractivity contribution in [2.45, 2.75) is 13.0 Å². The van der Waals surface area contributed by atoms with Crippen LogP contribution in [0.1, 0.15) is 11.3 Å². The van der Waals surface area contributed by atoms with Gasteiger partial charge in [-0.05, 0) is 11.6 Å². The van der Waals surface area contributed by atoms with Gasteiger partial charge in [0, 0.05) is 25.2 Å². The quantitative estimate of drug-likeness (QED) is 0.497. The van der Waals surface area contributed by atoms with E-state index in [1.165, 1.54) is 6.07 Å².